The smallest absolute Gasteiger partial charge is 0.410 e. The van der Waals surface area contributed by atoms with Gasteiger partial charge in [-0.15, -0.1) is 24.0 Å². The number of nitrogens with one attached hydrogen (secondary N) is 1. The fourth-order valence-corrected chi connectivity index (χ4v) is 1.12. The molecule has 7 heteroatoms. The molecule has 0 aromatic heterocycles. The summed E-state index contributed by atoms with van der Waals surface area (Å²) in [5.74, 6) is 0.885. The fraction of sp³-hybridized carbons (Fsp3) is 0.846. The van der Waals surface area contributed by atoms with E-state index in [0.29, 0.717) is 31.5 Å². The minimum Gasteiger partial charge on any atom is -0.444 e. The monoisotopic (exact) mass is 400 g/mol. The average molecular weight is 400 g/mol. The number of halogens is 1. The first-order valence-electron chi connectivity index (χ1n) is 6.59. The minimum absolute atomic E-state index is 0. The number of likely N-dealkylation sites (N-methyl/N-ethyl adjacent to an activating group) is 1. The lowest BCUT2D eigenvalue weighted by molar-refractivity contribution is 0.0302. The second-order valence-electron chi connectivity index (χ2n) is 5.95. The van der Waals surface area contributed by atoms with Crippen LogP contribution in [0, 0.1) is 5.92 Å². The minimum atomic E-state index is -0.476. The van der Waals surface area contributed by atoms with Gasteiger partial charge in [0.2, 0.25) is 0 Å². The van der Waals surface area contributed by atoms with Crippen molar-refractivity contribution >= 4 is 36.0 Å². The van der Waals surface area contributed by atoms with Crippen molar-refractivity contribution < 1.29 is 9.53 Å². The van der Waals surface area contributed by atoms with Crippen molar-refractivity contribution in [2.75, 3.05) is 26.7 Å². The summed E-state index contributed by atoms with van der Waals surface area (Å²) in [5, 5.41) is 2.96. The number of hydrogen-bond acceptors (Lipinski definition) is 3. The number of ether oxygens (including phenoxy) is 1. The van der Waals surface area contributed by atoms with E-state index >= 15 is 0 Å². The van der Waals surface area contributed by atoms with Crippen molar-refractivity contribution in [1.82, 2.24) is 10.2 Å². The van der Waals surface area contributed by atoms with E-state index in [1.807, 2.05) is 20.8 Å². The van der Waals surface area contributed by atoms with Crippen LogP contribution in [0.3, 0.4) is 0 Å². The van der Waals surface area contributed by atoms with Crippen LogP contribution in [0.2, 0.25) is 0 Å². The predicted molar refractivity (Wildman–Crippen MR) is 93.6 cm³/mol. The highest BCUT2D eigenvalue weighted by Gasteiger charge is 2.19. The Balaban J connectivity index is 0. The lowest BCUT2D eigenvalue weighted by atomic mass is 10.2. The third-order valence-corrected chi connectivity index (χ3v) is 2.09. The maximum absolute atomic E-state index is 11.7. The molecule has 0 aliphatic heterocycles. The predicted octanol–water partition coefficient (Wildman–Crippen LogP) is 2.03. The maximum Gasteiger partial charge on any atom is 0.410 e. The normalized spacial score (nSPS) is 11.8. The van der Waals surface area contributed by atoms with Crippen molar-refractivity contribution in [3.8, 4) is 0 Å². The standard InChI is InChI=1S/C13H28N4O2.HI/c1-10(2)9-16-11(14)15-7-8-17(6)12(18)19-13(3,4)5;/h10H,7-9H2,1-6H3,(H3,14,15,16);1H. The van der Waals surface area contributed by atoms with Gasteiger partial charge >= 0.3 is 6.09 Å². The molecule has 0 saturated heterocycles. The van der Waals surface area contributed by atoms with Gasteiger partial charge in [0.25, 0.3) is 0 Å². The molecular formula is C13H29IN4O2. The Morgan fingerprint density at radius 1 is 1.40 bits per heavy atom. The van der Waals surface area contributed by atoms with Gasteiger partial charge in [0.05, 0.1) is 0 Å². The van der Waals surface area contributed by atoms with E-state index < -0.39 is 5.60 Å². The second-order valence-corrected chi connectivity index (χ2v) is 5.95. The van der Waals surface area contributed by atoms with Crippen LogP contribution >= 0.6 is 24.0 Å². The Hall–Kier alpha value is -0.730. The van der Waals surface area contributed by atoms with Crippen LogP contribution in [0.15, 0.2) is 4.99 Å². The third kappa shape index (κ3) is 12.3. The van der Waals surface area contributed by atoms with Gasteiger partial charge in [0.15, 0.2) is 5.96 Å². The number of nitrogens with zero attached hydrogens (tertiary/aromatic N) is 2. The molecule has 0 radical (unpaired) electrons. The Kier molecular flexibility index (Phi) is 10.9. The number of guanidine groups is 1. The summed E-state index contributed by atoms with van der Waals surface area (Å²) >= 11 is 0. The van der Waals surface area contributed by atoms with Gasteiger partial charge in [-0.05, 0) is 26.7 Å². The molecule has 0 bridgehead atoms. The van der Waals surface area contributed by atoms with Crippen molar-refractivity contribution in [2.24, 2.45) is 16.6 Å². The van der Waals surface area contributed by atoms with Crippen molar-refractivity contribution in [2.45, 2.75) is 40.2 Å². The van der Waals surface area contributed by atoms with Gasteiger partial charge in [-0.25, -0.2) is 4.79 Å². The first-order chi connectivity index (χ1) is 8.61. The molecule has 0 aromatic rings. The first kappa shape index (κ1) is 21.6. The SMILES string of the molecule is CC(C)CN=C(N)NCCN(C)C(=O)OC(C)(C)C.I. The zero-order valence-corrected chi connectivity index (χ0v) is 15.7. The summed E-state index contributed by atoms with van der Waals surface area (Å²) in [6.45, 7) is 11.4. The van der Waals surface area contributed by atoms with E-state index in [2.05, 4.69) is 24.2 Å². The van der Waals surface area contributed by atoms with Gasteiger partial charge < -0.3 is 20.7 Å². The summed E-state index contributed by atoms with van der Waals surface area (Å²) in [6, 6.07) is 0. The Morgan fingerprint density at radius 2 is 1.95 bits per heavy atom. The summed E-state index contributed by atoms with van der Waals surface area (Å²) in [7, 11) is 1.69. The molecule has 0 spiro atoms. The average Bonchev–Trinajstić information content (AvgIpc) is 2.23. The molecule has 0 atom stereocenters. The van der Waals surface area contributed by atoms with E-state index in [9.17, 15) is 4.79 Å². The van der Waals surface area contributed by atoms with Crippen LogP contribution < -0.4 is 11.1 Å². The topological polar surface area (TPSA) is 80.0 Å². The van der Waals surface area contributed by atoms with Crippen LogP contribution in [0.4, 0.5) is 4.79 Å². The number of amides is 1. The lowest BCUT2D eigenvalue weighted by Crippen LogP contribution is -2.41. The molecule has 6 nitrogen and oxygen atoms in total. The van der Waals surface area contributed by atoms with Crippen LogP contribution in [0.1, 0.15) is 34.6 Å². The van der Waals surface area contributed by atoms with Crippen LogP contribution in [0.5, 0.6) is 0 Å². The molecule has 0 aromatic carbocycles. The molecule has 3 N–H and O–H groups in total. The third-order valence-electron chi connectivity index (χ3n) is 2.09. The van der Waals surface area contributed by atoms with E-state index in [-0.39, 0.29) is 30.1 Å². The van der Waals surface area contributed by atoms with Gasteiger partial charge in [-0.1, -0.05) is 13.8 Å². The summed E-state index contributed by atoms with van der Waals surface area (Å²) < 4.78 is 5.23. The number of carbonyl (C=O) groups is 1. The van der Waals surface area contributed by atoms with E-state index in [1.54, 1.807) is 7.05 Å². The van der Waals surface area contributed by atoms with Gasteiger partial charge in [-0.2, -0.15) is 0 Å². The molecule has 0 fully saturated rings. The van der Waals surface area contributed by atoms with Gasteiger partial charge in [0.1, 0.15) is 5.60 Å². The Morgan fingerprint density at radius 3 is 2.40 bits per heavy atom. The zero-order valence-electron chi connectivity index (χ0n) is 13.4. The van der Waals surface area contributed by atoms with Gasteiger partial charge in [-0.3, -0.25) is 4.99 Å². The molecule has 0 unspecified atom stereocenters. The van der Waals surface area contributed by atoms with Crippen molar-refractivity contribution in [3.05, 3.63) is 0 Å². The van der Waals surface area contributed by atoms with Crippen LogP contribution in [-0.4, -0.2) is 49.2 Å². The summed E-state index contributed by atoms with van der Waals surface area (Å²) in [6.07, 6.45) is -0.341. The largest absolute Gasteiger partial charge is 0.444 e. The molecule has 0 saturated carbocycles. The fourth-order valence-electron chi connectivity index (χ4n) is 1.12. The number of carbonyl (C=O) groups excluding carboxylic acids is 1. The van der Waals surface area contributed by atoms with Crippen LogP contribution in [0.25, 0.3) is 0 Å². The summed E-state index contributed by atoms with van der Waals surface area (Å²) in [4.78, 5) is 17.3. The molecule has 0 aliphatic carbocycles. The molecule has 1 amide bonds. The van der Waals surface area contributed by atoms with Crippen LogP contribution in [-0.2, 0) is 4.74 Å². The van der Waals surface area contributed by atoms with Gasteiger partial charge in [0, 0.05) is 26.7 Å². The van der Waals surface area contributed by atoms with E-state index in [4.69, 9.17) is 10.5 Å². The Labute approximate surface area is 139 Å². The first-order valence-corrected chi connectivity index (χ1v) is 6.59. The number of nitrogens with two attached hydrogens (primary N) is 1. The zero-order chi connectivity index (χ0) is 15.1. The van der Waals surface area contributed by atoms with E-state index in [0.717, 1.165) is 0 Å². The lowest BCUT2D eigenvalue weighted by Gasteiger charge is -2.24. The quantitative estimate of drug-likeness (QED) is 0.421. The summed E-state index contributed by atoms with van der Waals surface area (Å²) in [5.41, 5.74) is 5.21. The number of rotatable bonds is 5. The van der Waals surface area contributed by atoms with Crippen molar-refractivity contribution in [3.63, 3.8) is 0 Å². The number of hydrogen-bond donors (Lipinski definition) is 2. The number of aliphatic imine (C=N–C) groups is 1. The molecule has 0 heterocycles. The molecule has 0 aliphatic rings. The highest BCUT2D eigenvalue weighted by atomic mass is 127. The highest BCUT2D eigenvalue weighted by molar-refractivity contribution is 14.0. The second kappa shape index (κ2) is 10.1. The molecule has 20 heavy (non-hydrogen) atoms. The van der Waals surface area contributed by atoms with Crippen molar-refractivity contribution in [1.29, 1.82) is 0 Å². The molecular weight excluding hydrogens is 371 g/mol. The highest BCUT2D eigenvalue weighted by Crippen LogP contribution is 2.08. The van der Waals surface area contributed by atoms with E-state index in [1.165, 1.54) is 4.90 Å². The molecule has 120 valence electrons. The maximum atomic E-state index is 11.7. The Bertz CT molecular complexity index is 314. The molecule has 0 rings (SSSR count).